The van der Waals surface area contributed by atoms with Crippen LogP contribution in [0.4, 0.5) is 4.39 Å². The normalized spacial score (nSPS) is 10.9. The molecule has 7 heteroatoms. The van der Waals surface area contributed by atoms with Crippen molar-refractivity contribution in [1.29, 1.82) is 0 Å². The number of halogens is 2. The van der Waals surface area contributed by atoms with Gasteiger partial charge in [0.15, 0.2) is 11.0 Å². The molecular weight excluding hydrogens is 427 g/mol. The second-order valence-electron chi connectivity index (χ2n) is 5.77. The maximum Gasteiger partial charge on any atom is 0.196 e. The SMILES string of the molecule is Fc1ccc(-n2c(SCc3cccc(Br)c3)nnc2-c2ccncc2)cc1. The molecule has 0 N–H and O–H groups in total. The number of aromatic nitrogens is 4. The van der Waals surface area contributed by atoms with Crippen LogP contribution in [0.25, 0.3) is 17.1 Å². The zero-order valence-corrected chi connectivity index (χ0v) is 16.5. The number of hydrogen-bond donors (Lipinski definition) is 0. The van der Waals surface area contributed by atoms with Crippen molar-refractivity contribution in [2.24, 2.45) is 0 Å². The van der Waals surface area contributed by atoms with E-state index < -0.39 is 0 Å². The van der Waals surface area contributed by atoms with Crippen LogP contribution in [0.1, 0.15) is 5.56 Å². The summed E-state index contributed by atoms with van der Waals surface area (Å²) in [6.45, 7) is 0. The standard InChI is InChI=1S/C20H14BrFN4S/c21-16-3-1-2-14(12-16)13-27-20-25-24-19(15-8-10-23-11-9-15)26(20)18-6-4-17(22)5-7-18/h1-12H,13H2. The molecule has 0 radical (unpaired) electrons. The summed E-state index contributed by atoms with van der Waals surface area (Å²) in [6, 6.07) is 18.3. The summed E-state index contributed by atoms with van der Waals surface area (Å²) in [7, 11) is 0. The summed E-state index contributed by atoms with van der Waals surface area (Å²) in [5.74, 6) is 1.16. The molecule has 0 unspecified atom stereocenters. The van der Waals surface area contributed by atoms with E-state index in [1.807, 2.05) is 28.8 Å². The Balaban J connectivity index is 1.73. The first kappa shape index (κ1) is 17.9. The van der Waals surface area contributed by atoms with Crippen molar-refractivity contribution in [2.75, 3.05) is 0 Å². The maximum absolute atomic E-state index is 13.4. The molecule has 0 aliphatic carbocycles. The fourth-order valence-electron chi connectivity index (χ4n) is 2.65. The van der Waals surface area contributed by atoms with Gasteiger partial charge in [-0.3, -0.25) is 9.55 Å². The Morgan fingerprint density at radius 2 is 1.74 bits per heavy atom. The van der Waals surface area contributed by atoms with Crippen LogP contribution in [0.15, 0.2) is 82.7 Å². The lowest BCUT2D eigenvalue weighted by atomic mass is 10.2. The molecule has 0 aliphatic rings. The predicted molar refractivity (Wildman–Crippen MR) is 108 cm³/mol. The Kier molecular flexibility index (Phi) is 5.31. The minimum absolute atomic E-state index is 0.277. The van der Waals surface area contributed by atoms with Crippen molar-refractivity contribution in [3.8, 4) is 17.1 Å². The third-order valence-corrected chi connectivity index (χ3v) is 5.41. The van der Waals surface area contributed by atoms with Crippen molar-refractivity contribution >= 4 is 27.7 Å². The highest BCUT2D eigenvalue weighted by molar-refractivity contribution is 9.10. The molecular formula is C20H14BrFN4S. The quantitative estimate of drug-likeness (QED) is 0.383. The van der Waals surface area contributed by atoms with Gasteiger partial charge in [0.1, 0.15) is 5.82 Å². The van der Waals surface area contributed by atoms with Crippen LogP contribution in [0.5, 0.6) is 0 Å². The van der Waals surface area contributed by atoms with E-state index >= 15 is 0 Å². The van der Waals surface area contributed by atoms with E-state index in [9.17, 15) is 4.39 Å². The average molecular weight is 441 g/mol. The first-order valence-corrected chi connectivity index (χ1v) is 9.97. The van der Waals surface area contributed by atoms with Gasteiger partial charge >= 0.3 is 0 Å². The van der Waals surface area contributed by atoms with Gasteiger partial charge in [0.05, 0.1) is 0 Å². The Hall–Kier alpha value is -2.51. The number of nitrogens with zero attached hydrogens (tertiary/aromatic N) is 4. The number of pyridine rings is 1. The largest absolute Gasteiger partial charge is 0.270 e. The minimum atomic E-state index is -0.277. The zero-order valence-electron chi connectivity index (χ0n) is 14.1. The van der Waals surface area contributed by atoms with Gasteiger partial charge in [-0.1, -0.05) is 39.8 Å². The van der Waals surface area contributed by atoms with E-state index in [1.54, 1.807) is 36.3 Å². The molecule has 27 heavy (non-hydrogen) atoms. The Bertz CT molecular complexity index is 1050. The van der Waals surface area contributed by atoms with Crippen LogP contribution in [0.3, 0.4) is 0 Å². The first-order chi connectivity index (χ1) is 13.2. The second kappa shape index (κ2) is 8.02. The monoisotopic (exact) mass is 440 g/mol. The summed E-state index contributed by atoms with van der Waals surface area (Å²) in [4.78, 5) is 4.06. The van der Waals surface area contributed by atoms with Gasteiger partial charge in [-0.25, -0.2) is 4.39 Å². The molecule has 4 aromatic rings. The molecule has 0 saturated heterocycles. The molecule has 4 nitrogen and oxygen atoms in total. The van der Waals surface area contributed by atoms with Crippen LogP contribution >= 0.6 is 27.7 Å². The van der Waals surface area contributed by atoms with Crippen LogP contribution in [0.2, 0.25) is 0 Å². The fourth-order valence-corrected chi connectivity index (χ4v) is 3.99. The molecule has 0 saturated carbocycles. The summed E-state index contributed by atoms with van der Waals surface area (Å²) < 4.78 is 16.4. The van der Waals surface area contributed by atoms with Crippen LogP contribution < -0.4 is 0 Å². The van der Waals surface area contributed by atoms with E-state index in [4.69, 9.17) is 0 Å². The number of rotatable bonds is 5. The Morgan fingerprint density at radius 3 is 2.48 bits per heavy atom. The van der Waals surface area contributed by atoms with Crippen molar-refractivity contribution < 1.29 is 4.39 Å². The topological polar surface area (TPSA) is 43.6 Å². The predicted octanol–water partition coefficient (Wildman–Crippen LogP) is 5.52. The van der Waals surface area contributed by atoms with Gasteiger partial charge in [0.25, 0.3) is 0 Å². The fraction of sp³-hybridized carbons (Fsp3) is 0.0500. The zero-order chi connectivity index (χ0) is 18.6. The molecule has 4 rings (SSSR count). The smallest absolute Gasteiger partial charge is 0.196 e. The Morgan fingerprint density at radius 1 is 0.963 bits per heavy atom. The lowest BCUT2D eigenvalue weighted by molar-refractivity contribution is 0.627. The average Bonchev–Trinajstić information content (AvgIpc) is 3.12. The molecule has 0 amide bonds. The van der Waals surface area contributed by atoms with Gasteiger partial charge in [-0.2, -0.15) is 0 Å². The van der Waals surface area contributed by atoms with E-state index in [0.29, 0.717) is 5.82 Å². The third-order valence-electron chi connectivity index (χ3n) is 3.91. The highest BCUT2D eigenvalue weighted by atomic mass is 79.9. The second-order valence-corrected chi connectivity index (χ2v) is 7.63. The number of hydrogen-bond acceptors (Lipinski definition) is 4. The van der Waals surface area contributed by atoms with Crippen LogP contribution in [0, 0.1) is 5.82 Å². The maximum atomic E-state index is 13.4. The number of benzene rings is 2. The first-order valence-electron chi connectivity index (χ1n) is 8.20. The molecule has 0 bridgehead atoms. The van der Waals surface area contributed by atoms with Crippen molar-refractivity contribution in [3.63, 3.8) is 0 Å². The molecule has 2 aromatic carbocycles. The highest BCUT2D eigenvalue weighted by Gasteiger charge is 2.16. The minimum Gasteiger partial charge on any atom is -0.270 e. The van der Waals surface area contributed by atoms with Gasteiger partial charge in [-0.05, 0) is 54.1 Å². The highest BCUT2D eigenvalue weighted by Crippen LogP contribution is 2.30. The van der Waals surface area contributed by atoms with Crippen LogP contribution in [-0.2, 0) is 5.75 Å². The van der Waals surface area contributed by atoms with Crippen molar-refractivity contribution in [1.82, 2.24) is 19.7 Å². The summed E-state index contributed by atoms with van der Waals surface area (Å²) >= 11 is 5.08. The van der Waals surface area contributed by atoms with Gasteiger partial charge < -0.3 is 0 Å². The Labute approximate surface area is 168 Å². The molecule has 2 heterocycles. The molecule has 0 atom stereocenters. The van der Waals surface area contributed by atoms with Gasteiger partial charge in [0, 0.05) is 33.9 Å². The van der Waals surface area contributed by atoms with E-state index in [0.717, 1.165) is 26.6 Å². The molecule has 0 aliphatic heterocycles. The van der Waals surface area contributed by atoms with Crippen molar-refractivity contribution in [2.45, 2.75) is 10.9 Å². The summed E-state index contributed by atoms with van der Waals surface area (Å²) in [6.07, 6.45) is 3.43. The summed E-state index contributed by atoms with van der Waals surface area (Å²) in [5, 5.41) is 9.50. The van der Waals surface area contributed by atoms with Gasteiger partial charge in [0.2, 0.25) is 0 Å². The molecule has 134 valence electrons. The van der Waals surface area contributed by atoms with E-state index in [2.05, 4.69) is 43.2 Å². The summed E-state index contributed by atoms with van der Waals surface area (Å²) in [5.41, 5.74) is 2.88. The van der Waals surface area contributed by atoms with Gasteiger partial charge in [-0.15, -0.1) is 10.2 Å². The van der Waals surface area contributed by atoms with E-state index in [1.165, 1.54) is 17.7 Å². The van der Waals surface area contributed by atoms with Crippen molar-refractivity contribution in [3.05, 3.63) is 88.9 Å². The molecule has 2 aromatic heterocycles. The third kappa shape index (κ3) is 4.09. The molecule has 0 fully saturated rings. The molecule has 0 spiro atoms. The van der Waals surface area contributed by atoms with Crippen LogP contribution in [-0.4, -0.2) is 19.7 Å². The van der Waals surface area contributed by atoms with E-state index in [-0.39, 0.29) is 5.82 Å². The number of thioether (sulfide) groups is 1. The lowest BCUT2D eigenvalue weighted by Crippen LogP contribution is -2.00. The lowest BCUT2D eigenvalue weighted by Gasteiger charge is -2.10.